The van der Waals surface area contributed by atoms with Crippen LogP contribution in [0.1, 0.15) is 52.6 Å². The quantitative estimate of drug-likeness (QED) is 0.529. The van der Waals surface area contributed by atoms with Gasteiger partial charge in [-0.25, -0.2) is 0 Å². The van der Waals surface area contributed by atoms with E-state index in [1.54, 1.807) is 24.6 Å². The van der Waals surface area contributed by atoms with Crippen molar-refractivity contribution in [3.63, 3.8) is 0 Å². The SMILES string of the molecule is CC1=CC(C(F)(F)F)Cc2c1cc(Cc1c(Cl)ccc(C(=O)N3CCCC(C(=O)O)C3)c1Cl)n2C. The van der Waals surface area contributed by atoms with Gasteiger partial charge in [0.25, 0.3) is 5.91 Å². The molecule has 35 heavy (non-hydrogen) atoms. The molecule has 1 saturated heterocycles. The van der Waals surface area contributed by atoms with E-state index in [-0.39, 0.29) is 35.9 Å². The molecule has 5 nitrogen and oxygen atoms in total. The number of aromatic nitrogens is 1. The zero-order valence-corrected chi connectivity index (χ0v) is 20.8. The highest BCUT2D eigenvalue weighted by molar-refractivity contribution is 6.38. The number of benzene rings is 1. The van der Waals surface area contributed by atoms with E-state index in [1.807, 2.05) is 6.07 Å². The summed E-state index contributed by atoms with van der Waals surface area (Å²) in [6.07, 6.45) is -1.88. The average Bonchev–Trinajstić information content (AvgIpc) is 3.11. The molecule has 2 aromatic rings. The second-order valence-corrected chi connectivity index (χ2v) is 10.0. The number of hydrogen-bond donors (Lipinski definition) is 1. The van der Waals surface area contributed by atoms with Crippen molar-refractivity contribution in [2.75, 3.05) is 13.1 Å². The monoisotopic (exact) mass is 528 g/mol. The van der Waals surface area contributed by atoms with Gasteiger partial charge in [0.15, 0.2) is 0 Å². The smallest absolute Gasteiger partial charge is 0.395 e. The number of alkyl halides is 3. The van der Waals surface area contributed by atoms with Crippen LogP contribution in [0.5, 0.6) is 0 Å². The minimum absolute atomic E-state index is 0.110. The number of hydrogen-bond acceptors (Lipinski definition) is 2. The number of carbonyl (C=O) groups excluding carboxylic acids is 1. The van der Waals surface area contributed by atoms with Gasteiger partial charge in [-0.15, -0.1) is 0 Å². The summed E-state index contributed by atoms with van der Waals surface area (Å²) in [6, 6.07) is 4.94. The van der Waals surface area contributed by atoms with Crippen molar-refractivity contribution in [3.05, 3.63) is 62.4 Å². The number of carboxylic acids is 1. The van der Waals surface area contributed by atoms with Crippen molar-refractivity contribution in [3.8, 4) is 0 Å². The fourth-order valence-corrected chi connectivity index (χ4v) is 5.55. The van der Waals surface area contributed by atoms with Crippen molar-refractivity contribution in [2.45, 2.75) is 38.8 Å². The fourth-order valence-electron chi connectivity index (χ4n) is 4.97. The first kappa shape index (κ1) is 25.6. The number of carboxylic acid groups (broad SMARTS) is 1. The van der Waals surface area contributed by atoms with Crippen molar-refractivity contribution in [1.82, 2.24) is 9.47 Å². The molecule has 1 aromatic heterocycles. The Morgan fingerprint density at radius 1 is 1.23 bits per heavy atom. The molecule has 1 aliphatic carbocycles. The number of nitrogens with zero attached hydrogens (tertiary/aromatic N) is 2. The number of halogens is 5. The lowest BCUT2D eigenvalue weighted by molar-refractivity contribution is -0.161. The lowest BCUT2D eigenvalue weighted by atomic mass is 9.89. The lowest BCUT2D eigenvalue weighted by Gasteiger charge is -2.31. The number of likely N-dealkylation sites (tertiary alicyclic amines) is 1. The molecular weight excluding hydrogens is 504 g/mol. The molecule has 2 unspecified atom stereocenters. The second-order valence-electron chi connectivity index (χ2n) is 9.25. The zero-order valence-electron chi connectivity index (χ0n) is 19.3. The maximum Gasteiger partial charge on any atom is 0.395 e. The van der Waals surface area contributed by atoms with E-state index in [9.17, 15) is 27.9 Å². The van der Waals surface area contributed by atoms with Crippen LogP contribution in [0.15, 0.2) is 24.3 Å². The Morgan fingerprint density at radius 2 is 1.94 bits per heavy atom. The number of piperidine rings is 1. The zero-order chi connectivity index (χ0) is 25.7. The summed E-state index contributed by atoms with van der Waals surface area (Å²) in [5.41, 5.74) is 3.37. The van der Waals surface area contributed by atoms with Gasteiger partial charge in [-0.05, 0) is 54.7 Å². The number of fused-ring (bicyclic) bond motifs is 1. The molecule has 1 fully saturated rings. The van der Waals surface area contributed by atoms with Gasteiger partial charge in [0, 0.05) is 49.4 Å². The van der Waals surface area contributed by atoms with Crippen molar-refractivity contribution in [2.24, 2.45) is 18.9 Å². The Kier molecular flexibility index (Phi) is 6.99. The van der Waals surface area contributed by atoms with Crippen LogP contribution in [0.3, 0.4) is 0 Å². The van der Waals surface area contributed by atoms with E-state index in [0.29, 0.717) is 41.2 Å². The molecule has 0 spiro atoms. The highest BCUT2D eigenvalue weighted by Gasteiger charge is 2.41. The van der Waals surface area contributed by atoms with Gasteiger partial charge in [0.1, 0.15) is 0 Å². The molecule has 4 rings (SSSR count). The van der Waals surface area contributed by atoms with Gasteiger partial charge >= 0.3 is 12.1 Å². The molecule has 188 valence electrons. The van der Waals surface area contributed by atoms with Crippen LogP contribution in [-0.4, -0.2) is 45.7 Å². The van der Waals surface area contributed by atoms with Crippen LogP contribution in [0.4, 0.5) is 13.2 Å². The maximum absolute atomic E-state index is 13.4. The minimum atomic E-state index is -4.32. The minimum Gasteiger partial charge on any atom is -0.481 e. The van der Waals surface area contributed by atoms with E-state index < -0.39 is 24.0 Å². The summed E-state index contributed by atoms with van der Waals surface area (Å²) in [4.78, 5) is 26.1. The van der Waals surface area contributed by atoms with E-state index in [0.717, 1.165) is 11.3 Å². The van der Waals surface area contributed by atoms with Crippen LogP contribution in [0.2, 0.25) is 10.0 Å². The van der Waals surface area contributed by atoms with E-state index in [2.05, 4.69) is 0 Å². The molecule has 2 atom stereocenters. The summed E-state index contributed by atoms with van der Waals surface area (Å²) in [7, 11) is 1.72. The van der Waals surface area contributed by atoms with Gasteiger partial charge in [-0.1, -0.05) is 29.3 Å². The van der Waals surface area contributed by atoms with Crippen LogP contribution in [-0.2, 0) is 24.7 Å². The van der Waals surface area contributed by atoms with E-state index in [4.69, 9.17) is 23.2 Å². The Morgan fingerprint density at radius 3 is 2.60 bits per heavy atom. The third kappa shape index (κ3) is 4.96. The number of rotatable bonds is 4. The highest BCUT2D eigenvalue weighted by Crippen LogP contribution is 2.40. The Bertz CT molecular complexity index is 1220. The predicted molar refractivity (Wildman–Crippen MR) is 128 cm³/mol. The van der Waals surface area contributed by atoms with Gasteiger partial charge in [0.05, 0.1) is 22.4 Å². The number of carbonyl (C=O) groups is 2. The van der Waals surface area contributed by atoms with Crippen molar-refractivity contribution in [1.29, 1.82) is 0 Å². The van der Waals surface area contributed by atoms with Gasteiger partial charge < -0.3 is 14.6 Å². The lowest BCUT2D eigenvalue weighted by Crippen LogP contribution is -2.42. The Balaban J connectivity index is 1.64. The van der Waals surface area contributed by atoms with Crippen molar-refractivity contribution >= 4 is 40.7 Å². The van der Waals surface area contributed by atoms with E-state index in [1.165, 1.54) is 17.0 Å². The summed E-state index contributed by atoms with van der Waals surface area (Å²) in [6.45, 7) is 2.22. The molecule has 2 aliphatic rings. The molecule has 2 heterocycles. The first-order valence-electron chi connectivity index (χ1n) is 11.3. The summed E-state index contributed by atoms with van der Waals surface area (Å²) < 4.78 is 41.9. The van der Waals surface area contributed by atoms with Gasteiger partial charge in [-0.3, -0.25) is 9.59 Å². The molecule has 0 radical (unpaired) electrons. The number of aliphatic carboxylic acids is 1. The molecule has 1 aliphatic heterocycles. The van der Waals surface area contributed by atoms with Crippen LogP contribution < -0.4 is 0 Å². The topological polar surface area (TPSA) is 62.5 Å². The fraction of sp³-hybridized carbons (Fsp3) is 0.440. The largest absolute Gasteiger partial charge is 0.481 e. The number of allylic oxidation sites excluding steroid dienone is 2. The third-order valence-corrected chi connectivity index (χ3v) is 7.79. The van der Waals surface area contributed by atoms with Crippen LogP contribution >= 0.6 is 23.2 Å². The maximum atomic E-state index is 13.4. The average molecular weight is 529 g/mol. The van der Waals surface area contributed by atoms with Crippen LogP contribution in [0, 0.1) is 11.8 Å². The van der Waals surface area contributed by atoms with E-state index >= 15 is 0 Å². The first-order chi connectivity index (χ1) is 16.4. The Labute approximate surface area is 211 Å². The summed E-state index contributed by atoms with van der Waals surface area (Å²) >= 11 is 13.1. The molecule has 0 saturated carbocycles. The Hall–Kier alpha value is -2.45. The third-order valence-electron chi connectivity index (χ3n) is 7.00. The van der Waals surface area contributed by atoms with Crippen molar-refractivity contribution < 1.29 is 27.9 Å². The molecule has 10 heteroatoms. The molecule has 0 bridgehead atoms. The number of amides is 1. The standard InChI is InChI=1S/C25H25Cl2F3N2O3/c1-13-8-15(25(28,29)30)9-21-18(13)10-16(31(21)2)11-19-20(26)6-5-17(22(19)27)23(33)32-7-3-4-14(12-32)24(34)35/h5-6,8,10,14-15H,3-4,7,9,11-12H2,1-2H3,(H,34,35). The predicted octanol–water partition coefficient (Wildman–Crippen LogP) is 6.00. The highest BCUT2D eigenvalue weighted by atomic mass is 35.5. The second kappa shape index (κ2) is 9.54. The first-order valence-corrected chi connectivity index (χ1v) is 12.1. The molecule has 1 amide bonds. The van der Waals surface area contributed by atoms with Gasteiger partial charge in [-0.2, -0.15) is 13.2 Å². The normalized spacial score (nSPS) is 20.4. The summed E-state index contributed by atoms with van der Waals surface area (Å²) in [5.74, 6) is -3.46. The summed E-state index contributed by atoms with van der Waals surface area (Å²) in [5, 5.41) is 9.84. The molecule has 1 aromatic carbocycles. The van der Waals surface area contributed by atoms with Gasteiger partial charge in [0.2, 0.25) is 0 Å². The molecule has 1 N–H and O–H groups in total. The van der Waals surface area contributed by atoms with Crippen LogP contribution in [0.25, 0.3) is 5.57 Å². The molecular formula is C25H25Cl2F3N2O3.